The van der Waals surface area contributed by atoms with Crippen molar-refractivity contribution in [2.45, 2.75) is 0 Å². The summed E-state index contributed by atoms with van der Waals surface area (Å²) in [6.07, 6.45) is 3.66. The summed E-state index contributed by atoms with van der Waals surface area (Å²) in [6.45, 7) is 0. The van der Waals surface area contributed by atoms with Crippen molar-refractivity contribution in [1.82, 2.24) is 9.97 Å². The highest BCUT2D eigenvalue weighted by Gasteiger charge is 2.09. The predicted molar refractivity (Wildman–Crippen MR) is 84.3 cm³/mol. The second-order valence-corrected chi connectivity index (χ2v) is 4.74. The molecule has 23 heavy (non-hydrogen) atoms. The van der Waals surface area contributed by atoms with Gasteiger partial charge in [0.05, 0.1) is 18.0 Å². The van der Waals surface area contributed by atoms with Gasteiger partial charge in [-0.05, 0) is 12.1 Å². The molecule has 0 radical (unpaired) electrons. The number of aromatic nitrogens is 2. The minimum Gasteiger partial charge on any atom is -0.420 e. The molecule has 0 fully saturated rings. The van der Waals surface area contributed by atoms with Gasteiger partial charge in [-0.1, -0.05) is 42.5 Å². The van der Waals surface area contributed by atoms with Gasteiger partial charge in [-0.3, -0.25) is 4.79 Å². The zero-order valence-electron chi connectivity index (χ0n) is 12.0. The first-order chi connectivity index (χ1) is 11.3. The Labute approximate surface area is 132 Å². The molecule has 112 valence electrons. The Morgan fingerprint density at radius 3 is 2.17 bits per heavy atom. The fourth-order valence-corrected chi connectivity index (χ4v) is 1.97. The van der Waals surface area contributed by atoms with Gasteiger partial charge < -0.3 is 4.74 Å². The number of hydrogen-bond acceptors (Lipinski definition) is 5. The highest BCUT2D eigenvalue weighted by Crippen LogP contribution is 2.17. The maximum Gasteiger partial charge on any atom is 0.343 e. The van der Waals surface area contributed by atoms with Gasteiger partial charge in [0.15, 0.2) is 11.6 Å². The standard InChI is InChI=1S/C18H12N2O3/c21-12-13-6-8-14(9-7-13)17-19-10-16(11-20-17)23-18(22)15-4-2-1-3-5-15/h1-12H. The first-order valence-corrected chi connectivity index (χ1v) is 6.91. The summed E-state index contributed by atoms with van der Waals surface area (Å²) in [5.74, 6) is 0.298. The lowest BCUT2D eigenvalue weighted by atomic mass is 10.1. The lowest BCUT2D eigenvalue weighted by molar-refractivity contribution is 0.0733. The van der Waals surface area contributed by atoms with Gasteiger partial charge in [-0.25, -0.2) is 14.8 Å². The van der Waals surface area contributed by atoms with Crippen LogP contribution in [-0.4, -0.2) is 22.2 Å². The molecule has 5 heteroatoms. The summed E-state index contributed by atoms with van der Waals surface area (Å²) in [5.41, 5.74) is 1.82. The number of nitrogens with zero attached hydrogens (tertiary/aromatic N) is 2. The molecule has 5 nitrogen and oxygen atoms in total. The molecule has 0 bridgehead atoms. The van der Waals surface area contributed by atoms with E-state index in [0.717, 1.165) is 11.8 Å². The topological polar surface area (TPSA) is 69.2 Å². The van der Waals surface area contributed by atoms with E-state index in [-0.39, 0.29) is 5.75 Å². The van der Waals surface area contributed by atoms with Crippen molar-refractivity contribution in [1.29, 1.82) is 0 Å². The molecule has 3 rings (SSSR count). The van der Waals surface area contributed by atoms with Crippen LogP contribution in [0.4, 0.5) is 0 Å². The number of benzene rings is 2. The van der Waals surface area contributed by atoms with E-state index in [9.17, 15) is 9.59 Å². The average molecular weight is 304 g/mol. The molecule has 0 amide bonds. The summed E-state index contributed by atoms with van der Waals surface area (Å²) >= 11 is 0. The Balaban J connectivity index is 1.74. The molecule has 0 unspecified atom stereocenters. The second-order valence-electron chi connectivity index (χ2n) is 4.74. The Hall–Kier alpha value is -3.34. The van der Waals surface area contributed by atoms with Crippen molar-refractivity contribution in [2.24, 2.45) is 0 Å². The van der Waals surface area contributed by atoms with Crippen LogP contribution in [0.25, 0.3) is 11.4 Å². The van der Waals surface area contributed by atoms with E-state index < -0.39 is 5.97 Å². The lowest BCUT2D eigenvalue weighted by Gasteiger charge is -2.05. The quantitative estimate of drug-likeness (QED) is 0.547. The molecule has 1 aromatic heterocycles. The second kappa shape index (κ2) is 6.62. The number of ether oxygens (including phenoxy) is 1. The largest absolute Gasteiger partial charge is 0.420 e. The molecular formula is C18H12N2O3. The number of carbonyl (C=O) groups excluding carboxylic acids is 2. The van der Waals surface area contributed by atoms with Crippen LogP contribution in [-0.2, 0) is 0 Å². The van der Waals surface area contributed by atoms with Gasteiger partial charge in [-0.15, -0.1) is 0 Å². The number of hydrogen-bond donors (Lipinski definition) is 0. The van der Waals surface area contributed by atoms with E-state index in [2.05, 4.69) is 9.97 Å². The smallest absolute Gasteiger partial charge is 0.343 e. The van der Waals surface area contributed by atoms with Crippen LogP contribution < -0.4 is 4.74 Å². The molecule has 3 aromatic rings. The lowest BCUT2D eigenvalue weighted by Crippen LogP contribution is -2.08. The highest BCUT2D eigenvalue weighted by atomic mass is 16.5. The van der Waals surface area contributed by atoms with Gasteiger partial charge in [0, 0.05) is 11.1 Å². The monoisotopic (exact) mass is 304 g/mol. The van der Waals surface area contributed by atoms with E-state index in [4.69, 9.17) is 4.74 Å². The first kappa shape index (κ1) is 14.6. The number of rotatable bonds is 4. The van der Waals surface area contributed by atoms with Crippen molar-refractivity contribution in [2.75, 3.05) is 0 Å². The maximum atomic E-state index is 11.9. The average Bonchev–Trinajstić information content (AvgIpc) is 2.63. The Kier molecular flexibility index (Phi) is 4.20. The van der Waals surface area contributed by atoms with E-state index >= 15 is 0 Å². The molecule has 0 aliphatic carbocycles. The van der Waals surface area contributed by atoms with Crippen molar-refractivity contribution in [3.05, 3.63) is 78.1 Å². The van der Waals surface area contributed by atoms with E-state index in [0.29, 0.717) is 17.0 Å². The molecule has 0 aliphatic heterocycles. The third kappa shape index (κ3) is 3.47. The molecule has 0 aliphatic rings. The zero-order valence-corrected chi connectivity index (χ0v) is 12.0. The van der Waals surface area contributed by atoms with E-state index in [1.54, 1.807) is 48.5 Å². The van der Waals surface area contributed by atoms with E-state index in [1.165, 1.54) is 12.4 Å². The fourth-order valence-electron chi connectivity index (χ4n) is 1.97. The normalized spacial score (nSPS) is 10.1. The van der Waals surface area contributed by atoms with Gasteiger partial charge in [0.25, 0.3) is 0 Å². The van der Waals surface area contributed by atoms with Crippen molar-refractivity contribution in [3.8, 4) is 17.1 Å². The molecule has 0 saturated heterocycles. The Morgan fingerprint density at radius 2 is 1.57 bits per heavy atom. The van der Waals surface area contributed by atoms with Crippen LogP contribution in [0.5, 0.6) is 5.75 Å². The van der Waals surface area contributed by atoms with Crippen LogP contribution in [0.1, 0.15) is 20.7 Å². The summed E-state index contributed by atoms with van der Waals surface area (Å²) in [7, 11) is 0. The highest BCUT2D eigenvalue weighted by molar-refractivity contribution is 5.90. The zero-order chi connectivity index (χ0) is 16.1. The number of aldehydes is 1. The summed E-state index contributed by atoms with van der Waals surface area (Å²) in [6, 6.07) is 15.6. The van der Waals surface area contributed by atoms with Gasteiger partial charge in [0.2, 0.25) is 0 Å². The van der Waals surface area contributed by atoms with Gasteiger partial charge in [0.1, 0.15) is 6.29 Å². The molecule has 0 N–H and O–H groups in total. The summed E-state index contributed by atoms with van der Waals surface area (Å²) in [5, 5.41) is 0. The molecule has 0 saturated carbocycles. The van der Waals surface area contributed by atoms with Crippen LogP contribution in [0.15, 0.2) is 67.0 Å². The minimum absolute atomic E-state index is 0.270. The van der Waals surface area contributed by atoms with Crippen LogP contribution >= 0.6 is 0 Å². The summed E-state index contributed by atoms with van der Waals surface area (Å²) in [4.78, 5) is 30.9. The van der Waals surface area contributed by atoms with Crippen LogP contribution in [0.3, 0.4) is 0 Å². The van der Waals surface area contributed by atoms with Crippen LogP contribution in [0, 0.1) is 0 Å². The van der Waals surface area contributed by atoms with Gasteiger partial charge in [-0.2, -0.15) is 0 Å². The maximum absolute atomic E-state index is 11.9. The number of carbonyl (C=O) groups is 2. The third-order valence-corrected chi connectivity index (χ3v) is 3.15. The predicted octanol–water partition coefficient (Wildman–Crippen LogP) is 3.18. The minimum atomic E-state index is -0.461. The van der Waals surface area contributed by atoms with Crippen molar-refractivity contribution in [3.63, 3.8) is 0 Å². The van der Waals surface area contributed by atoms with Gasteiger partial charge >= 0.3 is 5.97 Å². The summed E-state index contributed by atoms with van der Waals surface area (Å²) < 4.78 is 5.22. The molecular weight excluding hydrogens is 292 g/mol. The van der Waals surface area contributed by atoms with Crippen molar-refractivity contribution >= 4 is 12.3 Å². The fraction of sp³-hybridized carbons (Fsp3) is 0. The molecule has 2 aromatic carbocycles. The van der Waals surface area contributed by atoms with Crippen molar-refractivity contribution < 1.29 is 14.3 Å². The first-order valence-electron chi connectivity index (χ1n) is 6.91. The van der Waals surface area contributed by atoms with E-state index in [1.807, 2.05) is 6.07 Å². The molecule has 0 atom stereocenters. The molecule has 0 spiro atoms. The Morgan fingerprint density at radius 1 is 0.913 bits per heavy atom. The Bertz CT molecular complexity index is 813. The number of esters is 1. The SMILES string of the molecule is O=Cc1ccc(-c2ncc(OC(=O)c3ccccc3)cn2)cc1. The third-order valence-electron chi connectivity index (χ3n) is 3.15. The molecule has 1 heterocycles. The van der Waals surface area contributed by atoms with Crippen LogP contribution in [0.2, 0.25) is 0 Å².